The number of hydrogen-bond donors (Lipinski definition) is 0. The Morgan fingerprint density at radius 2 is 2.27 bits per heavy atom. The Balaban J connectivity index is 2.78. The topological polar surface area (TPSA) is 57.0 Å². The van der Waals surface area contributed by atoms with Crippen molar-refractivity contribution in [3.05, 3.63) is 23.9 Å². The molecule has 0 unspecified atom stereocenters. The largest absolute Gasteiger partial charge is 0.464 e. The van der Waals surface area contributed by atoms with E-state index < -0.39 is 11.8 Å². The molecule has 0 aliphatic rings. The van der Waals surface area contributed by atoms with Crippen molar-refractivity contribution in [1.29, 1.82) is 0 Å². The highest BCUT2D eigenvalue weighted by Gasteiger charge is 2.17. The highest BCUT2D eigenvalue weighted by molar-refractivity contribution is 6.01. The van der Waals surface area contributed by atoms with Crippen LogP contribution in [0, 0.1) is 5.82 Å². The minimum Gasteiger partial charge on any atom is -0.464 e. The number of fused-ring (bicyclic) bond motifs is 1. The Morgan fingerprint density at radius 1 is 1.53 bits per heavy atom. The first-order chi connectivity index (χ1) is 7.15. The Hall–Kier alpha value is -1.98. The molecule has 2 aromatic rings. The van der Waals surface area contributed by atoms with Gasteiger partial charge in [0, 0.05) is 7.05 Å². The van der Waals surface area contributed by atoms with Crippen LogP contribution in [0.5, 0.6) is 0 Å². The molecule has 0 aromatic carbocycles. The number of ether oxygens (including phenoxy) is 1. The van der Waals surface area contributed by atoms with E-state index in [1.807, 2.05) is 0 Å². The lowest BCUT2D eigenvalue weighted by molar-refractivity contribution is 0.0596. The lowest BCUT2D eigenvalue weighted by Gasteiger charge is -2.01. The predicted octanol–water partition coefficient (Wildman–Crippen LogP) is 0.894. The van der Waals surface area contributed by atoms with Crippen molar-refractivity contribution in [3.8, 4) is 0 Å². The summed E-state index contributed by atoms with van der Waals surface area (Å²) in [5.41, 5.74) is 0.312. The molecule has 0 radical (unpaired) electrons. The molecular formula is C9H8FN3O2. The Morgan fingerprint density at radius 3 is 2.93 bits per heavy atom. The molecule has 2 rings (SSSR count). The van der Waals surface area contributed by atoms with E-state index >= 15 is 0 Å². The van der Waals surface area contributed by atoms with E-state index in [0.717, 1.165) is 6.20 Å². The van der Waals surface area contributed by atoms with E-state index in [9.17, 15) is 9.18 Å². The zero-order chi connectivity index (χ0) is 11.0. The van der Waals surface area contributed by atoms with Crippen LogP contribution in [0.4, 0.5) is 4.39 Å². The van der Waals surface area contributed by atoms with Gasteiger partial charge < -0.3 is 4.74 Å². The fraction of sp³-hybridized carbons (Fsp3) is 0.222. The fourth-order valence-electron chi connectivity index (χ4n) is 1.41. The van der Waals surface area contributed by atoms with E-state index in [2.05, 4.69) is 14.8 Å². The third-order valence-electron chi connectivity index (χ3n) is 2.11. The molecule has 0 saturated heterocycles. The van der Waals surface area contributed by atoms with Crippen LogP contribution in [-0.2, 0) is 11.8 Å². The van der Waals surface area contributed by atoms with Gasteiger partial charge in [-0.15, -0.1) is 0 Å². The van der Waals surface area contributed by atoms with Crippen molar-refractivity contribution in [2.45, 2.75) is 0 Å². The lowest BCUT2D eigenvalue weighted by atomic mass is 10.2. The first-order valence-electron chi connectivity index (χ1n) is 4.19. The first-order valence-corrected chi connectivity index (χ1v) is 4.19. The number of rotatable bonds is 1. The van der Waals surface area contributed by atoms with Gasteiger partial charge in [-0.1, -0.05) is 0 Å². The van der Waals surface area contributed by atoms with Crippen molar-refractivity contribution >= 4 is 16.9 Å². The quantitative estimate of drug-likeness (QED) is 0.654. The minimum atomic E-state index is -0.604. The van der Waals surface area contributed by atoms with Crippen LogP contribution < -0.4 is 0 Å². The molecule has 0 saturated carbocycles. The first kappa shape index (κ1) is 9.57. The number of carbonyl (C=O) groups excluding carboxylic acids is 1. The van der Waals surface area contributed by atoms with Crippen LogP contribution in [0.25, 0.3) is 10.9 Å². The molecule has 5 nitrogen and oxygen atoms in total. The maximum atomic E-state index is 13.4. The van der Waals surface area contributed by atoms with Gasteiger partial charge in [0.2, 0.25) is 0 Å². The Bertz CT molecular complexity index is 535. The molecule has 0 amide bonds. The average molecular weight is 209 g/mol. The SMILES string of the molecule is COC(=O)c1ncc(F)c2c1cnn2C. The summed E-state index contributed by atoms with van der Waals surface area (Å²) in [5.74, 6) is -1.12. The summed E-state index contributed by atoms with van der Waals surface area (Å²) in [6.45, 7) is 0. The number of aryl methyl sites for hydroxylation is 1. The number of hydrogen-bond acceptors (Lipinski definition) is 4. The molecule has 0 N–H and O–H groups in total. The number of methoxy groups -OCH3 is 1. The standard InChI is InChI=1S/C9H8FN3O2/c1-13-8-5(3-12-13)7(9(14)15-2)11-4-6(8)10/h3-4H,1-2H3. The van der Waals surface area contributed by atoms with Gasteiger partial charge in [0.25, 0.3) is 0 Å². The van der Waals surface area contributed by atoms with Gasteiger partial charge in [0.05, 0.1) is 24.9 Å². The van der Waals surface area contributed by atoms with E-state index in [1.165, 1.54) is 18.0 Å². The molecule has 0 aliphatic carbocycles. The minimum absolute atomic E-state index is 0.0713. The van der Waals surface area contributed by atoms with E-state index in [1.54, 1.807) is 7.05 Å². The second-order valence-electron chi connectivity index (χ2n) is 2.98. The molecule has 0 spiro atoms. The second-order valence-corrected chi connectivity index (χ2v) is 2.98. The van der Waals surface area contributed by atoms with Crippen molar-refractivity contribution in [3.63, 3.8) is 0 Å². The van der Waals surface area contributed by atoms with Crippen LogP contribution >= 0.6 is 0 Å². The van der Waals surface area contributed by atoms with Gasteiger partial charge in [-0.25, -0.2) is 14.2 Å². The number of carbonyl (C=O) groups is 1. The highest BCUT2D eigenvalue weighted by atomic mass is 19.1. The van der Waals surface area contributed by atoms with Gasteiger partial charge in [0.1, 0.15) is 5.52 Å². The summed E-state index contributed by atoms with van der Waals surface area (Å²) in [4.78, 5) is 15.0. The molecule has 2 aromatic heterocycles. The summed E-state index contributed by atoms with van der Waals surface area (Å²) in [5, 5.41) is 4.21. The van der Waals surface area contributed by atoms with Gasteiger partial charge in [-0.05, 0) is 0 Å². The number of nitrogens with zero attached hydrogens (tertiary/aromatic N) is 3. The summed E-state index contributed by atoms with van der Waals surface area (Å²) in [6, 6.07) is 0. The van der Waals surface area contributed by atoms with Gasteiger partial charge >= 0.3 is 5.97 Å². The summed E-state index contributed by atoms with van der Waals surface area (Å²) >= 11 is 0. The molecule has 0 fully saturated rings. The smallest absolute Gasteiger partial charge is 0.357 e. The third kappa shape index (κ3) is 1.34. The maximum absolute atomic E-state index is 13.4. The van der Waals surface area contributed by atoms with Crippen LogP contribution in [0.3, 0.4) is 0 Å². The fourth-order valence-corrected chi connectivity index (χ4v) is 1.41. The Labute approximate surface area is 84.5 Å². The highest BCUT2D eigenvalue weighted by Crippen LogP contribution is 2.19. The number of esters is 1. The zero-order valence-electron chi connectivity index (χ0n) is 8.19. The van der Waals surface area contributed by atoms with Crippen LogP contribution in [0.1, 0.15) is 10.5 Å². The zero-order valence-corrected chi connectivity index (χ0v) is 8.19. The molecule has 15 heavy (non-hydrogen) atoms. The average Bonchev–Trinajstić information content (AvgIpc) is 2.61. The van der Waals surface area contributed by atoms with E-state index in [4.69, 9.17) is 0 Å². The van der Waals surface area contributed by atoms with Crippen LogP contribution in [0.15, 0.2) is 12.4 Å². The third-order valence-corrected chi connectivity index (χ3v) is 2.11. The molecule has 0 bridgehead atoms. The number of pyridine rings is 1. The monoisotopic (exact) mass is 209 g/mol. The molecule has 78 valence electrons. The van der Waals surface area contributed by atoms with E-state index in [0.29, 0.717) is 5.39 Å². The predicted molar refractivity (Wildman–Crippen MR) is 49.8 cm³/mol. The van der Waals surface area contributed by atoms with Gasteiger partial charge in [0.15, 0.2) is 11.5 Å². The normalized spacial score (nSPS) is 10.6. The molecule has 0 aliphatic heterocycles. The van der Waals surface area contributed by atoms with Gasteiger partial charge in [-0.2, -0.15) is 5.10 Å². The van der Waals surface area contributed by atoms with E-state index in [-0.39, 0.29) is 11.2 Å². The van der Waals surface area contributed by atoms with Crippen molar-refractivity contribution < 1.29 is 13.9 Å². The Kier molecular flexibility index (Phi) is 2.11. The van der Waals surface area contributed by atoms with Crippen molar-refractivity contribution in [2.24, 2.45) is 7.05 Å². The van der Waals surface area contributed by atoms with Crippen molar-refractivity contribution in [2.75, 3.05) is 7.11 Å². The van der Waals surface area contributed by atoms with Crippen LogP contribution in [0.2, 0.25) is 0 Å². The van der Waals surface area contributed by atoms with Crippen molar-refractivity contribution in [1.82, 2.24) is 14.8 Å². The molecule has 6 heteroatoms. The van der Waals surface area contributed by atoms with Crippen LogP contribution in [-0.4, -0.2) is 27.8 Å². The molecule has 0 atom stereocenters. The number of aromatic nitrogens is 3. The lowest BCUT2D eigenvalue weighted by Crippen LogP contribution is -2.05. The second kappa shape index (κ2) is 3.30. The number of halogens is 1. The summed E-state index contributed by atoms with van der Waals surface area (Å²) in [7, 11) is 2.84. The molecule has 2 heterocycles. The van der Waals surface area contributed by atoms with Gasteiger partial charge in [-0.3, -0.25) is 4.68 Å². The molecular weight excluding hydrogens is 201 g/mol. The summed E-state index contributed by atoms with van der Waals surface area (Å²) < 4.78 is 19.2. The maximum Gasteiger partial charge on any atom is 0.357 e. The summed E-state index contributed by atoms with van der Waals surface area (Å²) in [6.07, 6.45) is 2.37.